The predicted molar refractivity (Wildman–Crippen MR) is 145 cm³/mol. The highest BCUT2D eigenvalue weighted by atomic mass is 32.1. The minimum absolute atomic E-state index is 0.0910. The van der Waals surface area contributed by atoms with Gasteiger partial charge in [0.2, 0.25) is 5.78 Å². The first-order chi connectivity index (χ1) is 17.8. The number of aryl methyl sites for hydroxylation is 1. The first-order valence-electron chi connectivity index (χ1n) is 12.3. The molecule has 0 fully saturated rings. The number of para-hydroxylation sites is 2. The van der Waals surface area contributed by atoms with E-state index in [1.807, 2.05) is 85.8 Å². The van der Waals surface area contributed by atoms with E-state index in [0.29, 0.717) is 35.3 Å². The molecule has 1 aliphatic rings. The first kappa shape index (κ1) is 25.0. The number of hydrogen-bond acceptors (Lipinski definition) is 7. The number of ether oxygens (including phenoxy) is 1. The molecule has 1 aliphatic heterocycles. The second-order valence-corrected chi connectivity index (χ2v) is 10.4. The third-order valence-corrected chi connectivity index (χ3v) is 7.72. The van der Waals surface area contributed by atoms with Crippen LogP contribution in [0.15, 0.2) is 59.9 Å². The number of fused-ring (bicyclic) bond motifs is 3. The van der Waals surface area contributed by atoms with Crippen molar-refractivity contribution in [2.45, 2.75) is 26.3 Å². The number of ketones is 1. The summed E-state index contributed by atoms with van der Waals surface area (Å²) in [5, 5.41) is 11.1. The Labute approximate surface area is 219 Å². The predicted octanol–water partition coefficient (Wildman–Crippen LogP) is 4.79. The molecule has 0 saturated carbocycles. The van der Waals surface area contributed by atoms with Gasteiger partial charge in [-0.3, -0.25) is 14.0 Å². The standard InChI is InChI=1S/C28H30N4O4S/c1-5-15-36-19-10-8-9-18(16-19)23-22(25(34)27(35)31(23)14-13-30(3)4)24(33)26-17(2)32-21-12-7-6-11-20(21)29-28(32)37-26/h6-12,16,23,34H,5,13-15H2,1-4H3. The van der Waals surface area contributed by atoms with Crippen molar-refractivity contribution >= 4 is 39.0 Å². The number of benzene rings is 2. The quantitative estimate of drug-likeness (QED) is 0.321. The lowest BCUT2D eigenvalue weighted by Gasteiger charge is -2.28. The number of hydrogen-bond donors (Lipinski definition) is 1. The largest absolute Gasteiger partial charge is 0.503 e. The highest BCUT2D eigenvalue weighted by Gasteiger charge is 2.44. The van der Waals surface area contributed by atoms with Crippen LogP contribution in [0.4, 0.5) is 0 Å². The van der Waals surface area contributed by atoms with Crippen molar-refractivity contribution in [3.63, 3.8) is 0 Å². The van der Waals surface area contributed by atoms with Gasteiger partial charge in [-0.05, 0) is 57.3 Å². The Morgan fingerprint density at radius 2 is 1.97 bits per heavy atom. The Morgan fingerprint density at radius 3 is 2.73 bits per heavy atom. The fraction of sp³-hybridized carbons (Fsp3) is 0.321. The van der Waals surface area contributed by atoms with Crippen molar-refractivity contribution in [3.05, 3.63) is 76.0 Å². The molecular weight excluding hydrogens is 488 g/mol. The highest BCUT2D eigenvalue weighted by Crippen LogP contribution is 2.41. The van der Waals surface area contributed by atoms with Gasteiger partial charge in [-0.25, -0.2) is 4.98 Å². The zero-order valence-corrected chi connectivity index (χ0v) is 22.2. The second-order valence-electron chi connectivity index (χ2n) is 9.45. The molecule has 0 radical (unpaired) electrons. The van der Waals surface area contributed by atoms with Crippen LogP contribution in [0.5, 0.6) is 5.75 Å². The van der Waals surface area contributed by atoms with E-state index < -0.39 is 17.7 Å². The van der Waals surface area contributed by atoms with Gasteiger partial charge in [0.15, 0.2) is 10.7 Å². The fourth-order valence-corrected chi connectivity index (χ4v) is 5.86. The van der Waals surface area contributed by atoms with Crippen molar-refractivity contribution < 1.29 is 19.4 Å². The molecule has 4 aromatic rings. The van der Waals surface area contributed by atoms with Gasteiger partial charge in [0, 0.05) is 18.8 Å². The van der Waals surface area contributed by atoms with Gasteiger partial charge < -0.3 is 19.6 Å². The van der Waals surface area contributed by atoms with Crippen LogP contribution in [0.25, 0.3) is 16.0 Å². The zero-order valence-electron chi connectivity index (χ0n) is 21.4. The van der Waals surface area contributed by atoms with Crippen LogP contribution in [0.3, 0.4) is 0 Å². The third-order valence-electron chi connectivity index (χ3n) is 6.58. The Morgan fingerprint density at radius 1 is 1.19 bits per heavy atom. The summed E-state index contributed by atoms with van der Waals surface area (Å²) in [6.45, 7) is 5.41. The molecule has 0 spiro atoms. The van der Waals surface area contributed by atoms with E-state index in [0.717, 1.165) is 28.7 Å². The number of Topliss-reactive ketones (excluding diaryl/α,β-unsaturated/α-hetero) is 1. The SMILES string of the molecule is CCCOc1cccc(C2C(C(=O)c3sc4nc5ccccc5n4c3C)=C(O)C(=O)N2CCN(C)C)c1. The van der Waals surface area contributed by atoms with Crippen molar-refractivity contribution in [2.75, 3.05) is 33.8 Å². The van der Waals surface area contributed by atoms with Gasteiger partial charge in [-0.1, -0.05) is 42.5 Å². The minimum atomic E-state index is -0.726. The van der Waals surface area contributed by atoms with E-state index in [9.17, 15) is 14.7 Å². The van der Waals surface area contributed by atoms with E-state index in [-0.39, 0.29) is 11.4 Å². The van der Waals surface area contributed by atoms with Gasteiger partial charge in [-0.2, -0.15) is 0 Å². The molecule has 192 valence electrons. The van der Waals surface area contributed by atoms with Gasteiger partial charge in [-0.15, -0.1) is 0 Å². The second kappa shape index (κ2) is 9.99. The molecule has 37 heavy (non-hydrogen) atoms. The lowest BCUT2D eigenvalue weighted by atomic mass is 9.95. The maximum absolute atomic E-state index is 14.1. The van der Waals surface area contributed by atoms with Crippen LogP contribution in [-0.4, -0.2) is 69.8 Å². The van der Waals surface area contributed by atoms with Crippen LogP contribution < -0.4 is 4.74 Å². The highest BCUT2D eigenvalue weighted by molar-refractivity contribution is 7.19. The van der Waals surface area contributed by atoms with Gasteiger partial charge in [0.05, 0.1) is 34.1 Å². The van der Waals surface area contributed by atoms with Gasteiger partial charge in [0.1, 0.15) is 5.75 Å². The monoisotopic (exact) mass is 518 g/mol. The topological polar surface area (TPSA) is 87.4 Å². The minimum Gasteiger partial charge on any atom is -0.503 e. The molecule has 8 nitrogen and oxygen atoms in total. The zero-order chi connectivity index (χ0) is 26.3. The molecule has 1 amide bonds. The smallest absolute Gasteiger partial charge is 0.290 e. The summed E-state index contributed by atoms with van der Waals surface area (Å²) in [5.74, 6) is -0.738. The number of amides is 1. The van der Waals surface area contributed by atoms with Gasteiger partial charge in [0.25, 0.3) is 5.91 Å². The number of rotatable bonds is 9. The molecule has 0 bridgehead atoms. The number of likely N-dealkylation sites (N-methyl/N-ethyl adjacent to an activating group) is 1. The lowest BCUT2D eigenvalue weighted by Crippen LogP contribution is -2.36. The Bertz CT molecular complexity index is 1530. The number of carbonyl (C=O) groups is 2. The molecule has 5 rings (SSSR count). The number of imidazole rings is 1. The number of aromatic nitrogens is 2. The number of nitrogens with zero attached hydrogens (tertiary/aromatic N) is 4. The molecule has 9 heteroatoms. The molecule has 2 aromatic carbocycles. The molecule has 0 aliphatic carbocycles. The van der Waals surface area contributed by atoms with E-state index >= 15 is 0 Å². The molecule has 1 unspecified atom stereocenters. The third kappa shape index (κ3) is 4.38. The summed E-state index contributed by atoms with van der Waals surface area (Å²) in [4.78, 5) is 36.7. The number of thiazole rings is 1. The van der Waals surface area contributed by atoms with Crippen LogP contribution in [0, 0.1) is 6.92 Å². The van der Waals surface area contributed by atoms with Crippen LogP contribution in [-0.2, 0) is 4.79 Å². The lowest BCUT2D eigenvalue weighted by molar-refractivity contribution is -0.129. The summed E-state index contributed by atoms with van der Waals surface area (Å²) in [6.07, 6.45) is 0.861. The maximum atomic E-state index is 14.1. The number of carbonyl (C=O) groups excluding carboxylic acids is 2. The summed E-state index contributed by atoms with van der Waals surface area (Å²) < 4.78 is 7.79. The van der Waals surface area contributed by atoms with Crippen LogP contribution >= 0.6 is 11.3 Å². The average molecular weight is 519 g/mol. The maximum Gasteiger partial charge on any atom is 0.290 e. The Kier molecular flexibility index (Phi) is 6.74. The van der Waals surface area contributed by atoms with E-state index in [1.165, 1.54) is 11.3 Å². The summed E-state index contributed by atoms with van der Waals surface area (Å²) >= 11 is 1.27. The fourth-order valence-electron chi connectivity index (χ4n) is 4.76. The van der Waals surface area contributed by atoms with Crippen LogP contribution in [0.1, 0.15) is 40.3 Å². The molecule has 1 atom stereocenters. The average Bonchev–Trinajstić information content (AvgIpc) is 3.50. The Balaban J connectivity index is 1.60. The molecule has 2 aromatic heterocycles. The number of aliphatic hydroxyl groups is 1. The van der Waals surface area contributed by atoms with E-state index in [4.69, 9.17) is 4.74 Å². The molecule has 3 heterocycles. The number of aliphatic hydroxyl groups excluding tert-OH is 1. The van der Waals surface area contributed by atoms with Gasteiger partial charge >= 0.3 is 0 Å². The van der Waals surface area contributed by atoms with Crippen molar-refractivity contribution in [2.24, 2.45) is 0 Å². The Hall–Kier alpha value is -3.69. The van der Waals surface area contributed by atoms with Crippen molar-refractivity contribution in [1.29, 1.82) is 0 Å². The summed E-state index contributed by atoms with van der Waals surface area (Å²) in [7, 11) is 3.84. The normalized spacial score (nSPS) is 16.1. The molecular formula is C28H30N4O4S. The summed E-state index contributed by atoms with van der Waals surface area (Å²) in [5.41, 5.74) is 3.31. The molecule has 1 N–H and O–H groups in total. The van der Waals surface area contributed by atoms with Crippen LogP contribution in [0.2, 0.25) is 0 Å². The first-order valence-corrected chi connectivity index (χ1v) is 13.2. The van der Waals surface area contributed by atoms with Crippen molar-refractivity contribution in [3.8, 4) is 5.75 Å². The summed E-state index contributed by atoms with van der Waals surface area (Å²) in [6, 6.07) is 14.5. The van der Waals surface area contributed by atoms with E-state index in [1.54, 1.807) is 4.90 Å². The molecule has 0 saturated heterocycles. The van der Waals surface area contributed by atoms with E-state index in [2.05, 4.69) is 4.98 Å². The van der Waals surface area contributed by atoms with Crippen molar-refractivity contribution in [1.82, 2.24) is 19.2 Å².